The summed E-state index contributed by atoms with van der Waals surface area (Å²) in [6, 6.07) is 2.85. The van der Waals surface area contributed by atoms with Crippen molar-refractivity contribution < 1.29 is 14.7 Å². The molecular formula is C13H12N2O3S2. The number of carbonyl (C=O) groups is 2. The molecule has 0 aromatic carbocycles. The highest BCUT2D eigenvalue weighted by Crippen LogP contribution is 2.27. The van der Waals surface area contributed by atoms with E-state index >= 15 is 0 Å². The molecular weight excluding hydrogens is 296 g/mol. The van der Waals surface area contributed by atoms with Gasteiger partial charge >= 0.3 is 5.97 Å². The molecule has 104 valence electrons. The average Bonchev–Trinajstić information content (AvgIpc) is 3.08. The molecule has 0 aliphatic carbocycles. The third-order valence-electron chi connectivity index (χ3n) is 2.47. The Kier molecular flexibility index (Phi) is 4.65. The molecule has 2 rings (SSSR count). The normalized spacial score (nSPS) is 11.8. The van der Waals surface area contributed by atoms with E-state index in [2.05, 4.69) is 16.9 Å². The number of carboxylic acids is 1. The first-order valence-corrected chi connectivity index (χ1v) is 7.51. The number of hydrogen-bond acceptors (Lipinski definition) is 5. The second-order valence-corrected chi connectivity index (χ2v) is 5.71. The molecule has 2 N–H and O–H groups in total. The molecule has 2 heterocycles. The molecule has 0 aliphatic heterocycles. The molecule has 2 aromatic heterocycles. The number of thiophene rings is 1. The lowest BCUT2D eigenvalue weighted by Gasteiger charge is -2.10. The smallest absolute Gasteiger partial charge is 0.326 e. The first-order valence-electron chi connectivity index (χ1n) is 5.75. The van der Waals surface area contributed by atoms with Crippen molar-refractivity contribution in [2.75, 3.05) is 0 Å². The lowest BCUT2D eigenvalue weighted by atomic mass is 10.2. The molecule has 0 fully saturated rings. The Hall–Kier alpha value is -1.99. The van der Waals surface area contributed by atoms with E-state index in [0.29, 0.717) is 0 Å². The molecule has 20 heavy (non-hydrogen) atoms. The molecule has 1 unspecified atom stereocenters. The van der Waals surface area contributed by atoms with Gasteiger partial charge in [-0.3, -0.25) is 4.79 Å². The van der Waals surface area contributed by atoms with E-state index in [1.54, 1.807) is 5.38 Å². The minimum atomic E-state index is -1.09. The summed E-state index contributed by atoms with van der Waals surface area (Å²) in [5, 5.41) is 15.7. The Morgan fingerprint density at radius 2 is 2.30 bits per heavy atom. The highest BCUT2D eigenvalue weighted by Gasteiger charge is 2.21. The average molecular weight is 308 g/mol. The molecule has 0 radical (unpaired) electrons. The van der Waals surface area contributed by atoms with Crippen molar-refractivity contribution in [1.82, 2.24) is 10.3 Å². The van der Waals surface area contributed by atoms with Gasteiger partial charge in [0.1, 0.15) is 16.7 Å². The van der Waals surface area contributed by atoms with Gasteiger partial charge in [-0.2, -0.15) is 0 Å². The topological polar surface area (TPSA) is 79.3 Å². The van der Waals surface area contributed by atoms with Gasteiger partial charge in [-0.1, -0.05) is 12.1 Å². The minimum Gasteiger partial charge on any atom is -0.480 e. The fourth-order valence-corrected chi connectivity index (χ4v) is 3.13. The van der Waals surface area contributed by atoms with Crippen molar-refractivity contribution in [1.29, 1.82) is 0 Å². The van der Waals surface area contributed by atoms with Gasteiger partial charge in [0.05, 0.1) is 4.88 Å². The molecule has 0 bridgehead atoms. The number of amides is 1. The van der Waals surface area contributed by atoms with E-state index in [-0.39, 0.29) is 12.1 Å². The van der Waals surface area contributed by atoms with Crippen LogP contribution in [-0.2, 0) is 4.79 Å². The number of thiazole rings is 1. The minimum absolute atomic E-state index is 0.170. The molecule has 7 heteroatoms. The molecule has 1 atom stereocenters. The van der Waals surface area contributed by atoms with Crippen LogP contribution in [0.25, 0.3) is 9.88 Å². The van der Waals surface area contributed by atoms with Gasteiger partial charge in [-0.25, -0.2) is 9.78 Å². The zero-order valence-corrected chi connectivity index (χ0v) is 12.0. The summed E-state index contributed by atoms with van der Waals surface area (Å²) >= 11 is 2.89. The molecule has 2 aromatic rings. The first-order chi connectivity index (χ1) is 9.61. The van der Waals surface area contributed by atoms with Crippen LogP contribution < -0.4 is 5.32 Å². The van der Waals surface area contributed by atoms with Gasteiger partial charge in [0.25, 0.3) is 5.91 Å². The van der Waals surface area contributed by atoms with Crippen LogP contribution >= 0.6 is 22.7 Å². The van der Waals surface area contributed by atoms with Gasteiger partial charge in [0, 0.05) is 5.38 Å². The second-order valence-electron chi connectivity index (χ2n) is 3.90. The summed E-state index contributed by atoms with van der Waals surface area (Å²) in [5.74, 6) is -1.58. The summed E-state index contributed by atoms with van der Waals surface area (Å²) in [5.41, 5.74) is 0.230. The van der Waals surface area contributed by atoms with E-state index in [0.717, 1.165) is 9.88 Å². The fraction of sp³-hybridized carbons (Fsp3) is 0.154. The number of aromatic nitrogens is 1. The summed E-state index contributed by atoms with van der Waals surface area (Å²) < 4.78 is 0. The van der Waals surface area contributed by atoms with Crippen LogP contribution in [-0.4, -0.2) is 28.0 Å². The lowest BCUT2D eigenvalue weighted by Crippen LogP contribution is -2.40. The standard InChI is InChI=1S/C13H12N2O3S2/c1-2-4-8(13(17)18)14-11(16)9-7-20-12(15-9)10-5-3-6-19-10/h2-3,5-8H,1,4H2,(H,14,16)(H,17,18). The van der Waals surface area contributed by atoms with Gasteiger partial charge in [-0.15, -0.1) is 29.3 Å². The summed E-state index contributed by atoms with van der Waals surface area (Å²) in [6.45, 7) is 3.47. The molecule has 0 saturated carbocycles. The first kappa shape index (κ1) is 14.4. The Labute approximate surface area is 123 Å². The molecule has 1 amide bonds. The molecule has 0 spiro atoms. The number of nitrogens with zero attached hydrogens (tertiary/aromatic N) is 1. The summed E-state index contributed by atoms with van der Waals surface area (Å²) in [6.07, 6.45) is 1.63. The predicted molar refractivity (Wildman–Crippen MR) is 79.1 cm³/mol. The summed E-state index contributed by atoms with van der Waals surface area (Å²) in [7, 11) is 0. The van der Waals surface area contributed by atoms with E-state index in [9.17, 15) is 9.59 Å². The maximum Gasteiger partial charge on any atom is 0.326 e. The highest BCUT2D eigenvalue weighted by molar-refractivity contribution is 7.20. The van der Waals surface area contributed by atoms with Crippen LogP contribution in [0.5, 0.6) is 0 Å². The van der Waals surface area contributed by atoms with E-state index in [1.807, 2.05) is 17.5 Å². The Balaban J connectivity index is 2.09. The van der Waals surface area contributed by atoms with Gasteiger partial charge in [0.15, 0.2) is 0 Å². The largest absolute Gasteiger partial charge is 0.480 e. The second kappa shape index (κ2) is 6.44. The number of nitrogens with one attached hydrogen (secondary N) is 1. The van der Waals surface area contributed by atoms with Crippen LogP contribution in [0, 0.1) is 0 Å². The fourth-order valence-electron chi connectivity index (χ4n) is 1.51. The van der Waals surface area contributed by atoms with Crippen LogP contribution in [0.2, 0.25) is 0 Å². The summed E-state index contributed by atoms with van der Waals surface area (Å²) in [4.78, 5) is 28.1. The Bertz CT molecular complexity index is 619. The van der Waals surface area contributed by atoms with Gasteiger partial charge in [0.2, 0.25) is 0 Å². The lowest BCUT2D eigenvalue weighted by molar-refractivity contribution is -0.139. The van der Waals surface area contributed by atoms with Gasteiger partial charge < -0.3 is 10.4 Å². The Morgan fingerprint density at radius 3 is 2.90 bits per heavy atom. The van der Waals surface area contributed by atoms with Crippen LogP contribution in [0.3, 0.4) is 0 Å². The maximum atomic E-state index is 12.0. The van der Waals surface area contributed by atoms with Crippen molar-refractivity contribution in [2.24, 2.45) is 0 Å². The van der Waals surface area contributed by atoms with E-state index < -0.39 is 17.9 Å². The van der Waals surface area contributed by atoms with Crippen molar-refractivity contribution >= 4 is 34.6 Å². The van der Waals surface area contributed by atoms with Crippen molar-refractivity contribution in [3.63, 3.8) is 0 Å². The van der Waals surface area contributed by atoms with Crippen molar-refractivity contribution in [3.8, 4) is 9.88 Å². The number of hydrogen-bond donors (Lipinski definition) is 2. The number of carboxylic acid groups (broad SMARTS) is 1. The van der Waals surface area contributed by atoms with Crippen molar-refractivity contribution in [3.05, 3.63) is 41.2 Å². The molecule has 0 saturated heterocycles. The number of rotatable bonds is 6. The van der Waals surface area contributed by atoms with Crippen LogP contribution in [0.1, 0.15) is 16.9 Å². The van der Waals surface area contributed by atoms with E-state index in [4.69, 9.17) is 5.11 Å². The Morgan fingerprint density at radius 1 is 1.50 bits per heavy atom. The third-order valence-corrected chi connectivity index (χ3v) is 4.36. The zero-order chi connectivity index (χ0) is 14.5. The van der Waals surface area contributed by atoms with Crippen LogP contribution in [0.4, 0.5) is 0 Å². The quantitative estimate of drug-likeness (QED) is 0.804. The maximum absolute atomic E-state index is 12.0. The zero-order valence-electron chi connectivity index (χ0n) is 10.4. The SMILES string of the molecule is C=CCC(NC(=O)c1csc(-c2cccs2)n1)C(=O)O. The number of carbonyl (C=O) groups excluding carboxylic acids is 1. The van der Waals surface area contributed by atoms with E-state index in [1.165, 1.54) is 28.7 Å². The predicted octanol–water partition coefficient (Wildman–Crippen LogP) is 2.63. The van der Waals surface area contributed by atoms with Gasteiger partial charge in [-0.05, 0) is 17.9 Å². The molecule has 0 aliphatic rings. The number of aliphatic carboxylic acids is 1. The monoisotopic (exact) mass is 308 g/mol. The highest BCUT2D eigenvalue weighted by atomic mass is 32.1. The third kappa shape index (κ3) is 3.31. The molecule has 5 nitrogen and oxygen atoms in total. The van der Waals surface area contributed by atoms with Crippen LogP contribution in [0.15, 0.2) is 35.5 Å². The van der Waals surface area contributed by atoms with Crippen molar-refractivity contribution in [2.45, 2.75) is 12.5 Å².